The van der Waals surface area contributed by atoms with Crippen molar-refractivity contribution < 1.29 is 9.47 Å². The second-order valence-electron chi connectivity index (χ2n) is 3.65. The fourth-order valence-electron chi connectivity index (χ4n) is 1.77. The van der Waals surface area contributed by atoms with E-state index in [1.807, 2.05) is 13.8 Å². The van der Waals surface area contributed by atoms with E-state index in [9.17, 15) is 0 Å². The molecule has 0 spiro atoms. The Labute approximate surface area is 103 Å². The van der Waals surface area contributed by atoms with E-state index in [0.29, 0.717) is 12.5 Å². The number of ether oxygens (including phenoxy) is 2. The van der Waals surface area contributed by atoms with Crippen LogP contribution >= 0.6 is 0 Å². The molecule has 5 heteroatoms. The van der Waals surface area contributed by atoms with Gasteiger partial charge < -0.3 is 14.8 Å². The van der Waals surface area contributed by atoms with Crippen molar-refractivity contribution in [1.82, 2.24) is 15.3 Å². The van der Waals surface area contributed by atoms with E-state index in [-0.39, 0.29) is 12.1 Å². The maximum atomic E-state index is 5.62. The van der Waals surface area contributed by atoms with Crippen molar-refractivity contribution in [2.24, 2.45) is 0 Å². The first kappa shape index (κ1) is 13.9. The molecule has 17 heavy (non-hydrogen) atoms. The Hall–Kier alpha value is -1.20. The van der Waals surface area contributed by atoms with Crippen molar-refractivity contribution in [3.63, 3.8) is 0 Å². The minimum Gasteiger partial charge on any atom is -0.480 e. The molecule has 0 aliphatic heterocycles. The predicted octanol–water partition coefficient (Wildman–Crippen LogP) is 1.56. The van der Waals surface area contributed by atoms with Crippen LogP contribution in [0.1, 0.15) is 32.5 Å². The molecule has 2 unspecified atom stereocenters. The zero-order valence-electron chi connectivity index (χ0n) is 10.9. The number of aromatic nitrogens is 2. The third kappa shape index (κ3) is 3.64. The Kier molecular flexibility index (Phi) is 5.86. The van der Waals surface area contributed by atoms with Gasteiger partial charge in [-0.15, -0.1) is 0 Å². The van der Waals surface area contributed by atoms with Crippen LogP contribution in [0.3, 0.4) is 0 Å². The second-order valence-corrected chi connectivity index (χ2v) is 3.65. The van der Waals surface area contributed by atoms with Gasteiger partial charge in [0.05, 0.1) is 19.3 Å². The lowest BCUT2D eigenvalue weighted by molar-refractivity contribution is 0.0456. The number of hydrogen-bond acceptors (Lipinski definition) is 5. The quantitative estimate of drug-likeness (QED) is 0.782. The molecule has 0 saturated heterocycles. The third-order valence-corrected chi connectivity index (χ3v) is 2.50. The molecule has 0 aromatic carbocycles. The second kappa shape index (κ2) is 7.19. The van der Waals surface area contributed by atoms with E-state index >= 15 is 0 Å². The molecule has 1 N–H and O–H groups in total. The molecule has 0 aliphatic carbocycles. The van der Waals surface area contributed by atoms with Crippen LogP contribution in [0, 0.1) is 0 Å². The number of nitrogens with one attached hydrogen (secondary N) is 1. The SMILES string of the molecule is CCNC(c1nccnc1OC)C(C)OCC. The maximum absolute atomic E-state index is 5.62. The summed E-state index contributed by atoms with van der Waals surface area (Å²) in [4.78, 5) is 8.50. The molecule has 0 aliphatic rings. The maximum Gasteiger partial charge on any atom is 0.237 e. The molecule has 5 nitrogen and oxygen atoms in total. The van der Waals surface area contributed by atoms with Gasteiger partial charge in [-0.25, -0.2) is 4.98 Å². The Morgan fingerprint density at radius 2 is 2.00 bits per heavy atom. The first-order valence-electron chi connectivity index (χ1n) is 5.94. The van der Waals surface area contributed by atoms with Crippen LogP contribution < -0.4 is 10.1 Å². The lowest BCUT2D eigenvalue weighted by atomic mass is 10.1. The van der Waals surface area contributed by atoms with Gasteiger partial charge in [-0.05, 0) is 20.4 Å². The van der Waals surface area contributed by atoms with E-state index in [4.69, 9.17) is 9.47 Å². The van der Waals surface area contributed by atoms with Gasteiger partial charge in [0.15, 0.2) is 0 Å². The van der Waals surface area contributed by atoms with Crippen molar-refractivity contribution >= 4 is 0 Å². The summed E-state index contributed by atoms with van der Waals surface area (Å²) >= 11 is 0. The number of rotatable bonds is 7. The van der Waals surface area contributed by atoms with Gasteiger partial charge in [-0.1, -0.05) is 6.92 Å². The van der Waals surface area contributed by atoms with Gasteiger partial charge in [0, 0.05) is 19.0 Å². The Balaban J connectivity index is 2.95. The fourth-order valence-corrected chi connectivity index (χ4v) is 1.77. The van der Waals surface area contributed by atoms with Crippen molar-refractivity contribution in [1.29, 1.82) is 0 Å². The lowest BCUT2D eigenvalue weighted by Gasteiger charge is -2.24. The number of nitrogens with zero attached hydrogens (tertiary/aromatic N) is 2. The van der Waals surface area contributed by atoms with Crippen molar-refractivity contribution in [2.45, 2.75) is 32.9 Å². The fraction of sp³-hybridized carbons (Fsp3) is 0.667. The summed E-state index contributed by atoms with van der Waals surface area (Å²) in [6, 6.07) is -0.0106. The highest BCUT2D eigenvalue weighted by atomic mass is 16.5. The molecular formula is C12H21N3O2. The highest BCUT2D eigenvalue weighted by Crippen LogP contribution is 2.24. The molecule has 1 heterocycles. The largest absolute Gasteiger partial charge is 0.480 e. The first-order valence-corrected chi connectivity index (χ1v) is 5.94. The molecule has 2 atom stereocenters. The zero-order chi connectivity index (χ0) is 12.7. The van der Waals surface area contributed by atoms with Gasteiger partial charge in [0.1, 0.15) is 5.69 Å². The number of likely N-dealkylation sites (N-methyl/N-ethyl adjacent to an activating group) is 1. The summed E-state index contributed by atoms with van der Waals surface area (Å²) in [6.45, 7) is 7.56. The van der Waals surface area contributed by atoms with Gasteiger partial charge in [-0.3, -0.25) is 4.98 Å². The van der Waals surface area contributed by atoms with Gasteiger partial charge in [0.25, 0.3) is 0 Å². The van der Waals surface area contributed by atoms with E-state index < -0.39 is 0 Å². The normalized spacial score (nSPS) is 14.4. The smallest absolute Gasteiger partial charge is 0.237 e. The van der Waals surface area contributed by atoms with E-state index in [0.717, 1.165) is 12.2 Å². The minimum atomic E-state index is -0.0106. The molecule has 0 fully saturated rings. The molecular weight excluding hydrogens is 218 g/mol. The molecule has 96 valence electrons. The van der Waals surface area contributed by atoms with Gasteiger partial charge in [-0.2, -0.15) is 0 Å². The molecule has 0 amide bonds. The highest BCUT2D eigenvalue weighted by Gasteiger charge is 2.24. The van der Waals surface area contributed by atoms with E-state index in [1.54, 1.807) is 19.5 Å². The number of hydrogen-bond donors (Lipinski definition) is 1. The molecule has 1 aromatic rings. The molecule has 0 saturated carbocycles. The standard InChI is InChI=1S/C12H21N3O2/c1-5-13-10(9(3)17-6-2)11-12(16-4)15-8-7-14-11/h7-10,13H,5-6H2,1-4H3. The molecule has 0 bridgehead atoms. The monoisotopic (exact) mass is 239 g/mol. The highest BCUT2D eigenvalue weighted by molar-refractivity contribution is 5.22. The third-order valence-electron chi connectivity index (χ3n) is 2.50. The average molecular weight is 239 g/mol. The zero-order valence-corrected chi connectivity index (χ0v) is 10.9. The predicted molar refractivity (Wildman–Crippen MR) is 66.1 cm³/mol. The van der Waals surface area contributed by atoms with Crippen LogP contribution in [0.25, 0.3) is 0 Å². The summed E-state index contributed by atoms with van der Waals surface area (Å²) in [5.41, 5.74) is 0.790. The Morgan fingerprint density at radius 3 is 2.59 bits per heavy atom. The van der Waals surface area contributed by atoms with Crippen molar-refractivity contribution in [3.05, 3.63) is 18.1 Å². The van der Waals surface area contributed by atoms with Crippen LogP contribution in [0.15, 0.2) is 12.4 Å². The topological polar surface area (TPSA) is 56.3 Å². The van der Waals surface area contributed by atoms with Crippen LogP contribution in [-0.2, 0) is 4.74 Å². The average Bonchev–Trinajstić information content (AvgIpc) is 2.36. The van der Waals surface area contributed by atoms with Crippen molar-refractivity contribution in [3.8, 4) is 5.88 Å². The van der Waals surface area contributed by atoms with Crippen LogP contribution in [-0.4, -0.2) is 36.3 Å². The van der Waals surface area contributed by atoms with Gasteiger partial charge >= 0.3 is 0 Å². The Morgan fingerprint density at radius 1 is 1.29 bits per heavy atom. The summed E-state index contributed by atoms with van der Waals surface area (Å²) < 4.78 is 10.9. The number of methoxy groups -OCH3 is 1. The minimum absolute atomic E-state index is 0.0106. The molecule has 1 aromatic heterocycles. The Bertz CT molecular complexity index is 333. The van der Waals surface area contributed by atoms with E-state index in [1.165, 1.54) is 0 Å². The molecule has 0 radical (unpaired) electrons. The first-order chi connectivity index (χ1) is 8.24. The lowest BCUT2D eigenvalue weighted by Crippen LogP contribution is -2.33. The van der Waals surface area contributed by atoms with Crippen LogP contribution in [0.2, 0.25) is 0 Å². The summed E-state index contributed by atoms with van der Waals surface area (Å²) in [5.74, 6) is 0.546. The summed E-state index contributed by atoms with van der Waals surface area (Å²) in [6.07, 6.45) is 3.31. The van der Waals surface area contributed by atoms with Crippen LogP contribution in [0.5, 0.6) is 5.88 Å². The molecule has 1 rings (SSSR count). The summed E-state index contributed by atoms with van der Waals surface area (Å²) in [7, 11) is 1.60. The van der Waals surface area contributed by atoms with Crippen LogP contribution in [0.4, 0.5) is 0 Å². The van der Waals surface area contributed by atoms with Gasteiger partial charge in [0.2, 0.25) is 5.88 Å². The van der Waals surface area contributed by atoms with E-state index in [2.05, 4.69) is 22.2 Å². The summed E-state index contributed by atoms with van der Waals surface area (Å²) in [5, 5.41) is 3.35. The van der Waals surface area contributed by atoms with Crippen molar-refractivity contribution in [2.75, 3.05) is 20.3 Å².